The number of rotatable bonds is 16. The van der Waals surface area contributed by atoms with E-state index in [1.54, 1.807) is 5.06 Å². The fraction of sp³-hybridized carbons (Fsp3) is 1.00. The Balaban J connectivity index is 1.34. The molecule has 3 rings (SSSR count). The largest absolute Gasteiger partial charge is 0.491 e. The van der Waals surface area contributed by atoms with Gasteiger partial charge >= 0.3 is 7.82 Å². The summed E-state index contributed by atoms with van der Waals surface area (Å²) in [5.74, 6) is 0. The zero-order valence-electron chi connectivity index (χ0n) is 17.5. The number of fused-ring (bicyclic) bond motifs is 4. The van der Waals surface area contributed by atoms with Gasteiger partial charge in [-0.1, -0.05) is 90.4 Å². The molecule has 2 bridgehead atoms. The van der Waals surface area contributed by atoms with Crippen LogP contribution in [-0.4, -0.2) is 30.9 Å². The lowest BCUT2D eigenvalue weighted by Gasteiger charge is -2.22. The van der Waals surface area contributed by atoms with Crippen LogP contribution in [0.2, 0.25) is 0 Å². The minimum Gasteiger partial charge on any atom is -0.286 e. The first-order chi connectivity index (χ1) is 13.2. The number of nitrogens with zero attached hydrogens (tertiary/aromatic N) is 1. The molecule has 27 heavy (non-hydrogen) atoms. The van der Waals surface area contributed by atoms with Gasteiger partial charge in [0.15, 0.2) is 0 Å². The molecule has 3 aliphatic rings. The number of piperidine rings is 1. The Morgan fingerprint density at radius 2 is 1.30 bits per heavy atom. The van der Waals surface area contributed by atoms with Crippen molar-refractivity contribution in [2.45, 2.75) is 116 Å². The second-order valence-electron chi connectivity index (χ2n) is 8.19. The topological polar surface area (TPSA) is 48.0 Å². The molecule has 3 fully saturated rings. The van der Waals surface area contributed by atoms with Gasteiger partial charge in [0.25, 0.3) is 0 Å². The van der Waals surface area contributed by atoms with E-state index in [9.17, 15) is 4.57 Å². The third-order valence-corrected chi connectivity index (χ3v) is 7.13. The lowest BCUT2D eigenvalue weighted by molar-refractivity contribution is -0.0760. The zero-order chi connectivity index (χ0) is 19.2. The third-order valence-electron chi connectivity index (χ3n) is 5.64. The van der Waals surface area contributed by atoms with Crippen molar-refractivity contribution in [1.82, 2.24) is 5.06 Å². The molecule has 0 aromatic carbocycles. The molecule has 3 aliphatic heterocycles. The number of unbranched alkanes of at least 4 members (excludes halogenated alkanes) is 13. The van der Waals surface area contributed by atoms with Gasteiger partial charge in [0.05, 0.1) is 12.7 Å². The van der Waals surface area contributed by atoms with E-state index < -0.39 is 7.82 Å². The van der Waals surface area contributed by atoms with Crippen LogP contribution < -0.4 is 0 Å². The van der Waals surface area contributed by atoms with Gasteiger partial charge in [0.1, 0.15) is 0 Å². The van der Waals surface area contributed by atoms with Crippen molar-refractivity contribution in [2.24, 2.45) is 0 Å². The van der Waals surface area contributed by atoms with E-state index in [4.69, 9.17) is 13.7 Å². The molecule has 160 valence electrons. The quantitative estimate of drug-likeness (QED) is 0.205. The smallest absolute Gasteiger partial charge is 0.286 e. The van der Waals surface area contributed by atoms with E-state index in [2.05, 4.69) is 6.92 Å². The number of phosphoric ester groups is 1. The van der Waals surface area contributed by atoms with Crippen molar-refractivity contribution in [1.29, 1.82) is 0 Å². The molecule has 1 unspecified atom stereocenters. The van der Waals surface area contributed by atoms with Gasteiger partial charge in [0, 0.05) is 13.1 Å². The Kier molecular flexibility index (Phi) is 12.2. The molecule has 0 spiro atoms. The van der Waals surface area contributed by atoms with E-state index in [1.807, 2.05) is 0 Å². The Hall–Kier alpha value is 0.0700. The summed E-state index contributed by atoms with van der Waals surface area (Å²) in [7, 11) is -3.37. The molecule has 0 saturated carbocycles. The van der Waals surface area contributed by atoms with Crippen LogP contribution in [-0.2, 0) is 18.2 Å². The fourth-order valence-electron chi connectivity index (χ4n) is 3.89. The molecular formula is C21H42NO4P. The maximum Gasteiger partial charge on any atom is 0.491 e. The molecule has 3 heterocycles. The molecule has 0 aromatic rings. The van der Waals surface area contributed by atoms with E-state index in [0.717, 1.165) is 38.8 Å². The molecule has 0 amide bonds. The van der Waals surface area contributed by atoms with Gasteiger partial charge in [-0.2, -0.15) is 9.69 Å². The number of hydrogen-bond donors (Lipinski definition) is 0. The highest BCUT2D eigenvalue weighted by Crippen LogP contribution is 2.55. The van der Waals surface area contributed by atoms with Crippen LogP contribution in [0, 0.1) is 0 Å². The van der Waals surface area contributed by atoms with Crippen LogP contribution in [0.15, 0.2) is 0 Å². The first kappa shape index (κ1) is 23.3. The van der Waals surface area contributed by atoms with Crippen LogP contribution in [0.4, 0.5) is 0 Å². The predicted molar refractivity (Wildman–Crippen MR) is 111 cm³/mol. The molecule has 0 aromatic heterocycles. The maximum absolute atomic E-state index is 12.5. The van der Waals surface area contributed by atoms with Crippen molar-refractivity contribution in [2.75, 3.05) is 19.7 Å². The molecule has 5 nitrogen and oxygen atoms in total. The Labute approximate surface area is 167 Å². The van der Waals surface area contributed by atoms with E-state index in [0.29, 0.717) is 6.61 Å². The van der Waals surface area contributed by atoms with Crippen LogP contribution in [0.25, 0.3) is 0 Å². The summed E-state index contributed by atoms with van der Waals surface area (Å²) in [6, 6.07) is 0. The van der Waals surface area contributed by atoms with Gasteiger partial charge < -0.3 is 0 Å². The lowest BCUT2D eigenvalue weighted by atomic mass is 10.0. The van der Waals surface area contributed by atoms with Crippen molar-refractivity contribution in [3.05, 3.63) is 0 Å². The van der Waals surface area contributed by atoms with Crippen molar-refractivity contribution in [3.8, 4) is 0 Å². The van der Waals surface area contributed by atoms with Crippen LogP contribution in [0.1, 0.15) is 110 Å². The summed E-state index contributed by atoms with van der Waals surface area (Å²) >= 11 is 0. The first-order valence-corrected chi connectivity index (χ1v) is 13.1. The minimum absolute atomic E-state index is 0.0333. The molecule has 0 N–H and O–H groups in total. The van der Waals surface area contributed by atoms with E-state index in [1.165, 1.54) is 77.0 Å². The summed E-state index contributed by atoms with van der Waals surface area (Å²) < 4.78 is 29.1. The fourth-order valence-corrected chi connectivity index (χ4v) is 5.41. The Bertz CT molecular complexity index is 395. The van der Waals surface area contributed by atoms with Gasteiger partial charge in [-0.3, -0.25) is 9.05 Å². The maximum atomic E-state index is 12.5. The van der Waals surface area contributed by atoms with Crippen molar-refractivity contribution in [3.63, 3.8) is 0 Å². The first-order valence-electron chi connectivity index (χ1n) is 11.6. The minimum atomic E-state index is -3.37. The van der Waals surface area contributed by atoms with Gasteiger partial charge in [-0.25, -0.2) is 4.57 Å². The summed E-state index contributed by atoms with van der Waals surface area (Å²) in [4.78, 5) is 0. The summed E-state index contributed by atoms with van der Waals surface area (Å²) in [6.45, 7) is 4.32. The molecule has 1 atom stereocenters. The predicted octanol–water partition coefficient (Wildman–Crippen LogP) is 7.02. The Morgan fingerprint density at radius 3 is 1.81 bits per heavy atom. The SMILES string of the molecule is CCCCCCCCCCCCCCCCOP1(=O)OC2CCN(CC2)O1. The normalized spacial score (nSPS) is 27.7. The van der Waals surface area contributed by atoms with Crippen molar-refractivity contribution < 1.29 is 18.2 Å². The molecule has 3 saturated heterocycles. The Morgan fingerprint density at radius 1 is 0.815 bits per heavy atom. The highest BCUT2D eigenvalue weighted by Gasteiger charge is 2.40. The molecule has 0 aliphatic carbocycles. The highest BCUT2D eigenvalue weighted by atomic mass is 31.2. The lowest BCUT2D eigenvalue weighted by Crippen LogP contribution is -2.31. The zero-order valence-corrected chi connectivity index (χ0v) is 18.4. The number of hydrogen-bond acceptors (Lipinski definition) is 5. The number of hydroxylamine groups is 2. The molecular weight excluding hydrogens is 361 g/mol. The van der Waals surface area contributed by atoms with Gasteiger partial charge in [-0.15, -0.1) is 0 Å². The number of phosphoric acid groups is 1. The van der Waals surface area contributed by atoms with Gasteiger partial charge in [-0.05, 0) is 19.3 Å². The third kappa shape index (κ3) is 10.4. The van der Waals surface area contributed by atoms with Crippen LogP contribution >= 0.6 is 7.82 Å². The average molecular weight is 404 g/mol. The second-order valence-corrected chi connectivity index (χ2v) is 9.72. The summed E-state index contributed by atoms with van der Waals surface area (Å²) in [6.07, 6.45) is 20.4. The monoisotopic (exact) mass is 403 g/mol. The standard InChI is InChI=1S/C21H42NO4P/c1-2-3-4-5-6-7-8-9-10-11-12-13-14-15-20-24-27(23)25-21-16-18-22(26-27)19-17-21/h21H,2-20H2,1H3. The molecule has 6 heteroatoms. The van der Waals surface area contributed by atoms with Gasteiger partial charge in [0.2, 0.25) is 0 Å². The van der Waals surface area contributed by atoms with E-state index >= 15 is 0 Å². The summed E-state index contributed by atoms with van der Waals surface area (Å²) in [5, 5.41) is 1.75. The highest BCUT2D eigenvalue weighted by molar-refractivity contribution is 7.48. The van der Waals surface area contributed by atoms with Crippen LogP contribution in [0.3, 0.4) is 0 Å². The van der Waals surface area contributed by atoms with E-state index in [-0.39, 0.29) is 6.10 Å². The average Bonchev–Trinajstić information content (AvgIpc) is 2.92. The molecule has 0 radical (unpaired) electrons. The van der Waals surface area contributed by atoms with Crippen molar-refractivity contribution >= 4 is 7.82 Å². The summed E-state index contributed by atoms with van der Waals surface area (Å²) in [5.41, 5.74) is 0. The van der Waals surface area contributed by atoms with Crippen LogP contribution in [0.5, 0.6) is 0 Å². The second kappa shape index (κ2) is 14.1.